The van der Waals surface area contributed by atoms with Gasteiger partial charge in [0.25, 0.3) is 0 Å². The highest BCUT2D eigenvalue weighted by molar-refractivity contribution is 5.90. The highest BCUT2D eigenvalue weighted by Crippen LogP contribution is 2.21. The van der Waals surface area contributed by atoms with E-state index in [0.29, 0.717) is 36.8 Å². The highest BCUT2D eigenvalue weighted by atomic mass is 16.5. The van der Waals surface area contributed by atoms with Gasteiger partial charge in [0.05, 0.1) is 6.04 Å². The minimum absolute atomic E-state index is 0.0683. The summed E-state index contributed by atoms with van der Waals surface area (Å²) in [6.07, 6.45) is 3.54. The molecule has 0 radical (unpaired) electrons. The van der Waals surface area contributed by atoms with Crippen LogP contribution in [0.15, 0.2) is 41.1 Å². The Bertz CT molecular complexity index is 953. The largest absolute Gasteiger partial charge is 0.339 e. The molecule has 0 aliphatic rings. The summed E-state index contributed by atoms with van der Waals surface area (Å²) in [5, 5.41) is 11.5. The first-order valence-corrected chi connectivity index (χ1v) is 9.97. The van der Waals surface area contributed by atoms with Crippen LogP contribution in [0.4, 0.5) is 5.82 Å². The van der Waals surface area contributed by atoms with E-state index in [4.69, 9.17) is 4.52 Å². The molecular formula is C22H29N5O2. The Kier molecular flexibility index (Phi) is 6.15. The molecule has 3 aromatic rings. The lowest BCUT2D eigenvalue weighted by Crippen LogP contribution is -2.14. The monoisotopic (exact) mass is 395 g/mol. The van der Waals surface area contributed by atoms with Crippen molar-refractivity contribution in [3.05, 3.63) is 59.4 Å². The molecule has 1 amide bonds. The molecule has 154 valence electrons. The lowest BCUT2D eigenvalue weighted by atomic mass is 9.96. The minimum Gasteiger partial charge on any atom is -0.339 e. The molecule has 0 bridgehead atoms. The fraction of sp³-hybridized carbons (Fsp3) is 0.455. The maximum atomic E-state index is 12.3. The Morgan fingerprint density at radius 2 is 1.97 bits per heavy atom. The van der Waals surface area contributed by atoms with E-state index in [1.165, 1.54) is 5.56 Å². The van der Waals surface area contributed by atoms with Crippen molar-refractivity contribution < 1.29 is 9.32 Å². The first-order chi connectivity index (χ1) is 13.7. The van der Waals surface area contributed by atoms with Crippen molar-refractivity contribution in [2.45, 2.75) is 65.3 Å². The second-order valence-electron chi connectivity index (χ2n) is 8.39. The molecule has 0 unspecified atom stereocenters. The predicted octanol–water partition coefficient (Wildman–Crippen LogP) is 4.44. The summed E-state index contributed by atoms with van der Waals surface area (Å²) < 4.78 is 7.16. The summed E-state index contributed by atoms with van der Waals surface area (Å²) in [6.45, 7) is 10.1. The Hall–Kier alpha value is -2.96. The lowest BCUT2D eigenvalue weighted by Gasteiger charge is -2.12. The van der Waals surface area contributed by atoms with Crippen molar-refractivity contribution >= 4 is 11.7 Å². The van der Waals surface area contributed by atoms with Crippen molar-refractivity contribution in [2.75, 3.05) is 5.32 Å². The number of hydrogen-bond donors (Lipinski definition) is 1. The van der Waals surface area contributed by atoms with E-state index in [1.54, 1.807) is 0 Å². The van der Waals surface area contributed by atoms with Gasteiger partial charge in [-0.3, -0.25) is 9.48 Å². The average molecular weight is 396 g/mol. The minimum atomic E-state index is -0.146. The molecule has 29 heavy (non-hydrogen) atoms. The van der Waals surface area contributed by atoms with Crippen LogP contribution in [0.1, 0.15) is 69.4 Å². The number of amides is 1. The molecule has 1 atom stereocenters. The van der Waals surface area contributed by atoms with Crippen molar-refractivity contribution in [1.29, 1.82) is 0 Å². The lowest BCUT2D eigenvalue weighted by molar-refractivity contribution is -0.116. The Morgan fingerprint density at radius 1 is 1.24 bits per heavy atom. The average Bonchev–Trinajstić information content (AvgIpc) is 3.29. The molecule has 2 aromatic heterocycles. The van der Waals surface area contributed by atoms with Gasteiger partial charge in [0.2, 0.25) is 11.8 Å². The number of anilines is 1. The van der Waals surface area contributed by atoms with Crippen LogP contribution in [0.25, 0.3) is 0 Å². The third kappa shape index (κ3) is 5.31. The first-order valence-electron chi connectivity index (χ1n) is 9.97. The summed E-state index contributed by atoms with van der Waals surface area (Å²) in [4.78, 5) is 16.7. The molecule has 3 rings (SSSR count). The number of benzene rings is 1. The summed E-state index contributed by atoms with van der Waals surface area (Å²) in [7, 11) is 0. The number of carbonyl (C=O) groups excluding carboxylic acids is 1. The standard InChI is InChI=1S/C22H29N5O2/c1-15-14-27(16(2)17-10-7-6-8-11-17)25-20(15)23-18(28)12-9-13-19-24-21(26-29-19)22(3,4)5/h6-8,10-11,14,16H,9,12-13H2,1-5H3,(H,23,25,28)/t16-/m1/s1. The maximum Gasteiger partial charge on any atom is 0.226 e. The van der Waals surface area contributed by atoms with Gasteiger partial charge in [-0.2, -0.15) is 10.1 Å². The number of carbonyl (C=O) groups is 1. The number of rotatable bonds is 7. The predicted molar refractivity (Wildman–Crippen MR) is 112 cm³/mol. The molecule has 0 saturated heterocycles. The van der Waals surface area contributed by atoms with E-state index in [-0.39, 0.29) is 17.4 Å². The van der Waals surface area contributed by atoms with Gasteiger partial charge >= 0.3 is 0 Å². The molecule has 0 saturated carbocycles. The SMILES string of the molecule is Cc1cn([C@H](C)c2ccccc2)nc1NC(=O)CCCc1nc(C(C)(C)C)no1. The zero-order chi connectivity index (χ0) is 21.0. The quantitative estimate of drug-likeness (QED) is 0.639. The van der Waals surface area contributed by atoms with Crippen LogP contribution in [-0.2, 0) is 16.6 Å². The smallest absolute Gasteiger partial charge is 0.226 e. The molecule has 0 aliphatic heterocycles. The molecule has 7 nitrogen and oxygen atoms in total. The Labute approximate surface area is 171 Å². The number of aryl methyl sites for hydroxylation is 2. The van der Waals surface area contributed by atoms with Crippen LogP contribution >= 0.6 is 0 Å². The van der Waals surface area contributed by atoms with Gasteiger partial charge in [0, 0.05) is 30.0 Å². The number of hydrogen-bond acceptors (Lipinski definition) is 5. The van der Waals surface area contributed by atoms with Gasteiger partial charge in [-0.1, -0.05) is 56.3 Å². The molecule has 0 spiro atoms. The molecule has 0 aliphatic carbocycles. The molecular weight excluding hydrogens is 366 g/mol. The van der Waals surface area contributed by atoms with E-state index in [0.717, 1.165) is 5.56 Å². The number of nitrogens with zero attached hydrogens (tertiary/aromatic N) is 4. The van der Waals surface area contributed by atoms with Crippen LogP contribution in [0, 0.1) is 6.92 Å². The van der Waals surface area contributed by atoms with E-state index < -0.39 is 0 Å². The van der Waals surface area contributed by atoms with E-state index in [1.807, 2.05) is 56.8 Å². The van der Waals surface area contributed by atoms with Gasteiger partial charge in [-0.15, -0.1) is 0 Å². The normalized spacial score (nSPS) is 12.7. The highest BCUT2D eigenvalue weighted by Gasteiger charge is 2.21. The third-order valence-electron chi connectivity index (χ3n) is 4.78. The van der Waals surface area contributed by atoms with E-state index >= 15 is 0 Å². The zero-order valence-corrected chi connectivity index (χ0v) is 17.8. The summed E-state index contributed by atoms with van der Waals surface area (Å²) >= 11 is 0. The van der Waals surface area contributed by atoms with Crippen molar-refractivity contribution in [1.82, 2.24) is 19.9 Å². The van der Waals surface area contributed by atoms with Crippen molar-refractivity contribution in [3.8, 4) is 0 Å². The molecule has 7 heteroatoms. The Balaban J connectivity index is 1.53. The maximum absolute atomic E-state index is 12.3. The van der Waals surface area contributed by atoms with Crippen molar-refractivity contribution in [2.24, 2.45) is 0 Å². The van der Waals surface area contributed by atoms with Crippen LogP contribution in [0.2, 0.25) is 0 Å². The van der Waals surface area contributed by atoms with Crippen LogP contribution in [-0.4, -0.2) is 25.8 Å². The van der Waals surface area contributed by atoms with Gasteiger partial charge in [0.1, 0.15) is 0 Å². The first kappa shape index (κ1) is 20.8. The van der Waals surface area contributed by atoms with Gasteiger partial charge in [0.15, 0.2) is 11.6 Å². The van der Waals surface area contributed by atoms with Crippen molar-refractivity contribution in [3.63, 3.8) is 0 Å². The van der Waals surface area contributed by atoms with E-state index in [9.17, 15) is 4.79 Å². The summed E-state index contributed by atoms with van der Waals surface area (Å²) in [5.74, 6) is 1.79. The third-order valence-corrected chi connectivity index (χ3v) is 4.78. The topological polar surface area (TPSA) is 85.8 Å². The fourth-order valence-corrected chi connectivity index (χ4v) is 2.94. The molecule has 1 aromatic carbocycles. The summed E-state index contributed by atoms with van der Waals surface area (Å²) in [6, 6.07) is 10.3. The zero-order valence-electron chi connectivity index (χ0n) is 17.8. The second-order valence-corrected chi connectivity index (χ2v) is 8.39. The second kappa shape index (κ2) is 8.59. The Morgan fingerprint density at radius 3 is 2.62 bits per heavy atom. The van der Waals surface area contributed by atoms with Gasteiger partial charge in [-0.05, 0) is 25.8 Å². The van der Waals surface area contributed by atoms with Crippen LogP contribution < -0.4 is 5.32 Å². The summed E-state index contributed by atoms with van der Waals surface area (Å²) in [5.41, 5.74) is 1.96. The number of aromatic nitrogens is 4. The fourth-order valence-electron chi connectivity index (χ4n) is 2.94. The van der Waals surface area contributed by atoms with Crippen LogP contribution in [0.3, 0.4) is 0 Å². The van der Waals surface area contributed by atoms with Crippen LogP contribution in [0.5, 0.6) is 0 Å². The molecule has 1 N–H and O–H groups in total. The molecule has 0 fully saturated rings. The van der Waals surface area contributed by atoms with Gasteiger partial charge in [-0.25, -0.2) is 0 Å². The van der Waals surface area contributed by atoms with Gasteiger partial charge < -0.3 is 9.84 Å². The molecule has 2 heterocycles. The number of nitrogens with one attached hydrogen (secondary N) is 1. The van der Waals surface area contributed by atoms with E-state index in [2.05, 4.69) is 39.6 Å².